The van der Waals surface area contributed by atoms with Crippen molar-refractivity contribution in [2.75, 3.05) is 26.2 Å². The van der Waals surface area contributed by atoms with Crippen molar-refractivity contribution in [3.05, 3.63) is 52.6 Å². The minimum atomic E-state index is -2.09. The van der Waals surface area contributed by atoms with Crippen LogP contribution in [0, 0.1) is 64.1 Å². The van der Waals surface area contributed by atoms with E-state index in [1.54, 1.807) is 11.0 Å². The standard InChI is InChI=1S/C18H31N3O5.C15H26O.C3H5N3O4.ClH/c1-14(2)10-17(22)11-16(9-8-15-6-4-3-5-7-15)19-12-18(13-19,20(23)24)21(25)26;1-13(2)12-15(16)11-7-6-10-14-8-4-3-5-9-14;7-5(8)3(6(9)10)1-4-2-3;/h14-16H,3-13H2,1-2H3;7,11,13-14H,3-6,8-10,12H2,1-2H3;4H,1-2H2;1H/b;11-7+;;. The first-order chi connectivity index (χ1) is 24.5. The molecule has 2 aliphatic heterocycles. The third-order valence-corrected chi connectivity index (χ3v) is 10.7. The van der Waals surface area contributed by atoms with Crippen molar-refractivity contribution in [3.63, 3.8) is 0 Å². The molecule has 2 heterocycles. The van der Waals surface area contributed by atoms with Gasteiger partial charge in [0.05, 0.1) is 0 Å². The van der Waals surface area contributed by atoms with E-state index in [0.717, 1.165) is 25.2 Å². The summed E-state index contributed by atoms with van der Waals surface area (Å²) in [6.07, 6.45) is 22.9. The first-order valence-corrected chi connectivity index (χ1v) is 19.3. The van der Waals surface area contributed by atoms with E-state index in [-0.39, 0.29) is 56.3 Å². The van der Waals surface area contributed by atoms with Crippen LogP contribution >= 0.6 is 12.4 Å². The molecule has 17 heteroatoms. The summed E-state index contributed by atoms with van der Waals surface area (Å²) < 4.78 is 0. The number of carbonyl (C=O) groups excluding carboxylic acids is 2. The average molecular weight is 775 g/mol. The van der Waals surface area contributed by atoms with Crippen LogP contribution in [0.3, 0.4) is 0 Å². The molecule has 0 radical (unpaired) electrons. The second kappa shape index (κ2) is 23.6. The number of likely N-dealkylation sites (tertiary alicyclic amines) is 1. The van der Waals surface area contributed by atoms with Crippen LogP contribution in [-0.2, 0) is 9.59 Å². The second-order valence-corrected chi connectivity index (χ2v) is 16.1. The molecule has 4 rings (SSSR count). The summed E-state index contributed by atoms with van der Waals surface area (Å²) in [7, 11) is 0. The molecule has 1 N–H and O–H groups in total. The first kappa shape index (κ1) is 47.9. The van der Waals surface area contributed by atoms with E-state index in [1.807, 2.05) is 13.8 Å². The number of nitrogens with one attached hydrogen (secondary N) is 1. The predicted molar refractivity (Wildman–Crippen MR) is 203 cm³/mol. The largest absolute Gasteiger partial charge is 0.482 e. The number of nitro groups is 4. The van der Waals surface area contributed by atoms with Gasteiger partial charge < -0.3 is 0 Å². The van der Waals surface area contributed by atoms with E-state index in [4.69, 9.17) is 0 Å². The highest BCUT2D eigenvalue weighted by atomic mass is 35.5. The molecule has 16 nitrogen and oxygen atoms in total. The maximum absolute atomic E-state index is 12.3. The van der Waals surface area contributed by atoms with Crippen LogP contribution in [0.25, 0.3) is 0 Å². The molecule has 1 unspecified atom stereocenters. The lowest BCUT2D eigenvalue weighted by molar-refractivity contribution is -0.811. The molecular formula is C36H63ClN6O10. The van der Waals surface area contributed by atoms with Crippen molar-refractivity contribution in [3.8, 4) is 0 Å². The van der Waals surface area contributed by atoms with Crippen molar-refractivity contribution in [1.82, 2.24) is 10.2 Å². The minimum Gasteiger partial charge on any atom is -0.300 e. The summed E-state index contributed by atoms with van der Waals surface area (Å²) in [5, 5.41) is 44.9. The Morgan fingerprint density at radius 2 is 1.15 bits per heavy atom. The van der Waals surface area contributed by atoms with E-state index in [2.05, 4.69) is 25.2 Å². The monoisotopic (exact) mass is 774 g/mol. The van der Waals surface area contributed by atoms with E-state index in [9.17, 15) is 50.0 Å². The van der Waals surface area contributed by atoms with Crippen LogP contribution in [0.2, 0.25) is 0 Å². The van der Waals surface area contributed by atoms with Crippen LogP contribution in [0.15, 0.2) is 12.2 Å². The fraction of sp³-hybridized carbons (Fsp3) is 0.889. The van der Waals surface area contributed by atoms with Gasteiger partial charge in [0.2, 0.25) is 0 Å². The highest BCUT2D eigenvalue weighted by Crippen LogP contribution is 2.33. The van der Waals surface area contributed by atoms with E-state index in [0.29, 0.717) is 36.9 Å². The zero-order chi connectivity index (χ0) is 38.9. The number of nitrogens with zero attached hydrogens (tertiary/aromatic N) is 5. The SMILES string of the molecule is CC(C)CC(=O)/C=C/CCC1CCCCC1.CC(C)CC(=O)CC(CCC1CCCCC1)N1CC([N+](=O)[O-])([N+](=O)[O-])C1.Cl.O=[N+]([O-])C1([N+](=O)[O-])CNC1. The summed E-state index contributed by atoms with van der Waals surface area (Å²) in [5.74, 6) is 2.78. The van der Waals surface area contributed by atoms with Gasteiger partial charge in [0, 0.05) is 25.3 Å². The molecule has 0 spiro atoms. The van der Waals surface area contributed by atoms with Crippen molar-refractivity contribution in [2.45, 2.75) is 154 Å². The molecule has 2 saturated heterocycles. The molecule has 0 aromatic carbocycles. The number of rotatable bonds is 18. The Bertz CT molecular complexity index is 1200. The third kappa shape index (κ3) is 15.6. The molecule has 0 bridgehead atoms. The smallest absolute Gasteiger partial charge is 0.300 e. The number of halogens is 1. The van der Waals surface area contributed by atoms with Gasteiger partial charge in [0.25, 0.3) is 0 Å². The Labute approximate surface area is 319 Å². The van der Waals surface area contributed by atoms with Crippen molar-refractivity contribution < 1.29 is 29.3 Å². The number of hydrogen-bond acceptors (Lipinski definition) is 12. The highest BCUT2D eigenvalue weighted by molar-refractivity contribution is 5.89. The van der Waals surface area contributed by atoms with Crippen LogP contribution in [0.4, 0.5) is 0 Å². The zero-order valence-electron chi connectivity index (χ0n) is 32.1. The highest BCUT2D eigenvalue weighted by Gasteiger charge is 2.67. The van der Waals surface area contributed by atoms with Gasteiger partial charge in [-0.2, -0.15) is 0 Å². The fourth-order valence-electron chi connectivity index (χ4n) is 7.45. The van der Waals surface area contributed by atoms with Crippen LogP contribution in [0.5, 0.6) is 0 Å². The summed E-state index contributed by atoms with van der Waals surface area (Å²) in [5.41, 5.74) is -4.04. The lowest BCUT2D eigenvalue weighted by Crippen LogP contribution is -2.72. The quantitative estimate of drug-likeness (QED) is 0.0639. The molecule has 304 valence electrons. The van der Waals surface area contributed by atoms with E-state index < -0.39 is 31.0 Å². The van der Waals surface area contributed by atoms with Crippen molar-refractivity contribution in [2.24, 2.45) is 23.7 Å². The molecule has 53 heavy (non-hydrogen) atoms. The summed E-state index contributed by atoms with van der Waals surface area (Å²) in [6, 6.07) is -0.115. The fourth-order valence-corrected chi connectivity index (χ4v) is 7.45. The number of ketones is 2. The average Bonchev–Trinajstić information content (AvgIpc) is 3.01. The summed E-state index contributed by atoms with van der Waals surface area (Å²) in [4.78, 5) is 64.7. The van der Waals surface area contributed by atoms with Gasteiger partial charge in [-0.05, 0) is 55.4 Å². The van der Waals surface area contributed by atoms with Gasteiger partial charge in [-0.3, -0.25) is 60.3 Å². The molecule has 0 aromatic rings. The molecule has 4 fully saturated rings. The number of hydrogen-bond donors (Lipinski definition) is 1. The predicted octanol–water partition coefficient (Wildman–Crippen LogP) is 7.07. The van der Waals surface area contributed by atoms with Crippen molar-refractivity contribution >= 4 is 24.0 Å². The Kier molecular flexibility index (Phi) is 21.4. The second-order valence-electron chi connectivity index (χ2n) is 16.1. The summed E-state index contributed by atoms with van der Waals surface area (Å²) >= 11 is 0. The topological polar surface area (TPSA) is 222 Å². The first-order valence-electron chi connectivity index (χ1n) is 19.3. The van der Waals surface area contributed by atoms with Crippen LogP contribution in [0.1, 0.15) is 137 Å². The third-order valence-electron chi connectivity index (χ3n) is 10.7. The molecule has 2 saturated carbocycles. The molecule has 0 amide bonds. The van der Waals surface area contributed by atoms with Gasteiger partial charge in [0.15, 0.2) is 5.78 Å². The Balaban J connectivity index is 0.000000441. The van der Waals surface area contributed by atoms with Gasteiger partial charge in [-0.25, -0.2) is 0 Å². The Morgan fingerprint density at radius 3 is 1.53 bits per heavy atom. The van der Waals surface area contributed by atoms with Gasteiger partial charge in [0.1, 0.15) is 51.7 Å². The molecular weight excluding hydrogens is 712 g/mol. The Morgan fingerprint density at radius 1 is 0.698 bits per heavy atom. The maximum atomic E-state index is 12.3. The van der Waals surface area contributed by atoms with Gasteiger partial charge >= 0.3 is 11.3 Å². The Hall–Kier alpha value is -3.11. The lowest BCUT2D eigenvalue weighted by Gasteiger charge is -2.41. The minimum absolute atomic E-state index is 0. The van der Waals surface area contributed by atoms with Crippen molar-refractivity contribution in [1.29, 1.82) is 0 Å². The molecule has 2 aliphatic carbocycles. The van der Waals surface area contributed by atoms with E-state index >= 15 is 0 Å². The number of Topliss-reactive ketones (excluding diaryl/α,β-unsaturated/α-hetero) is 1. The normalized spacial score (nSPS) is 20.3. The van der Waals surface area contributed by atoms with Crippen LogP contribution < -0.4 is 5.32 Å². The molecule has 4 aliphatic rings. The number of allylic oxidation sites excluding steroid dienone is 2. The van der Waals surface area contributed by atoms with Gasteiger partial charge in [-0.1, -0.05) is 98.0 Å². The van der Waals surface area contributed by atoms with E-state index in [1.165, 1.54) is 70.6 Å². The summed E-state index contributed by atoms with van der Waals surface area (Å²) in [6.45, 7) is 7.42. The lowest BCUT2D eigenvalue weighted by atomic mass is 9.83. The van der Waals surface area contributed by atoms with Crippen LogP contribution in [-0.4, -0.2) is 79.7 Å². The molecule has 1 atom stereocenters. The maximum Gasteiger partial charge on any atom is 0.482 e. The molecule has 0 aromatic heterocycles. The zero-order valence-corrected chi connectivity index (χ0v) is 32.9. The van der Waals surface area contributed by atoms with Gasteiger partial charge in [-0.15, -0.1) is 12.4 Å². The number of carbonyl (C=O) groups is 2.